The quantitative estimate of drug-likeness (QED) is 0.593. The van der Waals surface area contributed by atoms with Gasteiger partial charge in [0.05, 0.1) is 5.56 Å². The van der Waals surface area contributed by atoms with Crippen molar-refractivity contribution in [2.75, 3.05) is 6.54 Å². The molecule has 0 aliphatic heterocycles. The summed E-state index contributed by atoms with van der Waals surface area (Å²) in [6, 6.07) is 3.93. The van der Waals surface area contributed by atoms with Crippen LogP contribution in [0.4, 0.5) is 0 Å². The summed E-state index contributed by atoms with van der Waals surface area (Å²) >= 11 is 3.60. The average molecular weight is 314 g/mol. The second-order valence-corrected chi connectivity index (χ2v) is 5.79. The zero-order valence-electron chi connectivity index (χ0n) is 9.90. The first-order valence-electron chi connectivity index (χ1n) is 6.02. The number of phenolic OH excluding ortho intramolecular Hbond substituents is 2. The highest BCUT2D eigenvalue weighted by atomic mass is 79.9. The first-order chi connectivity index (χ1) is 8.58. The third kappa shape index (κ3) is 2.96. The van der Waals surface area contributed by atoms with E-state index in [0.29, 0.717) is 17.3 Å². The number of phenols is 2. The molecule has 3 N–H and O–H groups in total. The predicted octanol–water partition coefficient (Wildman–Crippen LogP) is 2.39. The SMILES string of the molecule is O=C(NCC1CCCC1Br)c1cc(O)ccc1O. The number of rotatable bonds is 3. The molecule has 2 atom stereocenters. The minimum atomic E-state index is -0.352. The Morgan fingerprint density at radius 1 is 1.39 bits per heavy atom. The standard InChI is InChI=1S/C13H16BrNO3/c14-11-3-1-2-8(11)7-15-13(18)10-6-9(16)4-5-12(10)17/h4-6,8,11,16-17H,1-3,7H2,(H,15,18). The van der Waals surface area contributed by atoms with Crippen molar-refractivity contribution in [1.29, 1.82) is 0 Å². The van der Waals surface area contributed by atoms with Crippen molar-refractivity contribution < 1.29 is 15.0 Å². The van der Waals surface area contributed by atoms with Crippen LogP contribution in [0.15, 0.2) is 18.2 Å². The van der Waals surface area contributed by atoms with Crippen LogP contribution in [0.25, 0.3) is 0 Å². The van der Waals surface area contributed by atoms with Gasteiger partial charge in [-0.15, -0.1) is 0 Å². The number of aromatic hydroxyl groups is 2. The van der Waals surface area contributed by atoms with E-state index in [9.17, 15) is 15.0 Å². The topological polar surface area (TPSA) is 69.6 Å². The number of carbonyl (C=O) groups is 1. The van der Waals surface area contributed by atoms with Crippen LogP contribution in [-0.2, 0) is 0 Å². The van der Waals surface area contributed by atoms with Crippen LogP contribution in [0, 0.1) is 5.92 Å². The van der Waals surface area contributed by atoms with Crippen molar-refractivity contribution in [1.82, 2.24) is 5.32 Å². The fourth-order valence-electron chi connectivity index (χ4n) is 2.25. The molecule has 0 heterocycles. The first-order valence-corrected chi connectivity index (χ1v) is 6.93. The zero-order valence-corrected chi connectivity index (χ0v) is 11.5. The highest BCUT2D eigenvalue weighted by Crippen LogP contribution is 2.31. The number of halogens is 1. The molecule has 1 saturated carbocycles. The lowest BCUT2D eigenvalue weighted by Crippen LogP contribution is -2.31. The maximum atomic E-state index is 11.9. The molecule has 2 rings (SSSR count). The van der Waals surface area contributed by atoms with Crippen LogP contribution in [0.5, 0.6) is 11.5 Å². The zero-order chi connectivity index (χ0) is 13.1. The maximum absolute atomic E-state index is 11.9. The molecular weight excluding hydrogens is 298 g/mol. The molecule has 0 aromatic heterocycles. The smallest absolute Gasteiger partial charge is 0.255 e. The van der Waals surface area contributed by atoms with E-state index in [-0.39, 0.29) is 23.0 Å². The highest BCUT2D eigenvalue weighted by Gasteiger charge is 2.25. The molecule has 1 aliphatic carbocycles. The largest absolute Gasteiger partial charge is 0.508 e. The van der Waals surface area contributed by atoms with Gasteiger partial charge in [-0.05, 0) is 37.0 Å². The van der Waals surface area contributed by atoms with Gasteiger partial charge in [0.2, 0.25) is 0 Å². The lowest BCUT2D eigenvalue weighted by molar-refractivity contribution is 0.0944. The second-order valence-electron chi connectivity index (χ2n) is 4.62. The predicted molar refractivity (Wildman–Crippen MR) is 72.2 cm³/mol. The minimum absolute atomic E-state index is 0.0304. The van der Waals surface area contributed by atoms with Crippen LogP contribution in [0.3, 0.4) is 0 Å². The summed E-state index contributed by atoms with van der Waals surface area (Å²) in [5, 5.41) is 21.7. The Labute approximate surface area is 114 Å². The normalized spacial score (nSPS) is 22.9. The van der Waals surface area contributed by atoms with Gasteiger partial charge >= 0.3 is 0 Å². The molecule has 1 aliphatic rings. The molecule has 1 amide bonds. The monoisotopic (exact) mass is 313 g/mol. The van der Waals surface area contributed by atoms with Crippen LogP contribution in [-0.4, -0.2) is 27.5 Å². The van der Waals surface area contributed by atoms with Crippen LogP contribution in [0.1, 0.15) is 29.6 Å². The van der Waals surface area contributed by atoms with Gasteiger partial charge in [0.15, 0.2) is 0 Å². The summed E-state index contributed by atoms with van der Waals surface area (Å²) in [6.07, 6.45) is 3.41. The number of hydrogen-bond donors (Lipinski definition) is 3. The highest BCUT2D eigenvalue weighted by molar-refractivity contribution is 9.09. The summed E-state index contributed by atoms with van der Waals surface area (Å²) in [5.74, 6) is -0.0623. The Bertz CT molecular complexity index is 450. The van der Waals surface area contributed by atoms with Gasteiger partial charge in [0.1, 0.15) is 11.5 Å². The first kappa shape index (κ1) is 13.2. The van der Waals surface area contributed by atoms with E-state index >= 15 is 0 Å². The van der Waals surface area contributed by atoms with E-state index in [1.54, 1.807) is 0 Å². The maximum Gasteiger partial charge on any atom is 0.255 e. The Balaban J connectivity index is 1.97. The number of nitrogens with one attached hydrogen (secondary N) is 1. The molecule has 98 valence electrons. The van der Waals surface area contributed by atoms with Crippen molar-refractivity contribution in [3.05, 3.63) is 23.8 Å². The molecule has 18 heavy (non-hydrogen) atoms. The molecule has 1 fully saturated rings. The van der Waals surface area contributed by atoms with Gasteiger partial charge in [0.25, 0.3) is 5.91 Å². The summed E-state index contributed by atoms with van der Waals surface area (Å²) in [6.45, 7) is 0.587. The van der Waals surface area contributed by atoms with Gasteiger partial charge in [-0.3, -0.25) is 4.79 Å². The van der Waals surface area contributed by atoms with Gasteiger partial charge < -0.3 is 15.5 Å². The third-order valence-corrected chi connectivity index (χ3v) is 4.52. The molecule has 5 heteroatoms. The Kier molecular flexibility index (Phi) is 4.11. The van der Waals surface area contributed by atoms with Crippen molar-refractivity contribution >= 4 is 21.8 Å². The van der Waals surface area contributed by atoms with Crippen molar-refractivity contribution in [3.63, 3.8) is 0 Å². The summed E-state index contributed by atoms with van der Waals surface area (Å²) in [4.78, 5) is 12.3. The molecule has 4 nitrogen and oxygen atoms in total. The van der Waals surface area contributed by atoms with E-state index in [2.05, 4.69) is 21.2 Å². The van der Waals surface area contributed by atoms with Crippen molar-refractivity contribution in [2.24, 2.45) is 5.92 Å². The molecule has 0 bridgehead atoms. The number of amides is 1. The van der Waals surface area contributed by atoms with Gasteiger partial charge in [-0.2, -0.15) is 0 Å². The number of alkyl halides is 1. The number of benzene rings is 1. The van der Waals surface area contributed by atoms with Crippen LogP contribution in [0.2, 0.25) is 0 Å². The number of hydrogen-bond acceptors (Lipinski definition) is 3. The van der Waals surface area contributed by atoms with Gasteiger partial charge in [0, 0.05) is 11.4 Å². The second kappa shape index (κ2) is 5.61. The lowest BCUT2D eigenvalue weighted by atomic mass is 10.1. The number of carbonyl (C=O) groups excluding carboxylic acids is 1. The van der Waals surface area contributed by atoms with Crippen LogP contribution < -0.4 is 5.32 Å². The van der Waals surface area contributed by atoms with E-state index in [4.69, 9.17) is 0 Å². The third-order valence-electron chi connectivity index (χ3n) is 3.32. The molecule has 2 unspecified atom stereocenters. The lowest BCUT2D eigenvalue weighted by Gasteiger charge is -2.15. The fourth-order valence-corrected chi connectivity index (χ4v) is 3.02. The molecule has 0 saturated heterocycles. The van der Waals surface area contributed by atoms with Crippen molar-refractivity contribution in [2.45, 2.75) is 24.1 Å². The summed E-state index contributed by atoms with van der Waals surface area (Å²) in [7, 11) is 0. The molecule has 1 aromatic rings. The molecular formula is C13H16BrNO3. The van der Waals surface area contributed by atoms with E-state index < -0.39 is 0 Å². The van der Waals surface area contributed by atoms with Gasteiger partial charge in [-0.25, -0.2) is 0 Å². The molecule has 0 spiro atoms. The minimum Gasteiger partial charge on any atom is -0.508 e. The fraction of sp³-hybridized carbons (Fsp3) is 0.462. The Morgan fingerprint density at radius 3 is 2.83 bits per heavy atom. The van der Waals surface area contributed by atoms with E-state index in [1.165, 1.54) is 24.6 Å². The average Bonchev–Trinajstić information content (AvgIpc) is 2.75. The van der Waals surface area contributed by atoms with Crippen molar-refractivity contribution in [3.8, 4) is 11.5 Å². The molecule has 0 radical (unpaired) electrons. The van der Waals surface area contributed by atoms with E-state index in [0.717, 1.165) is 12.8 Å². The Morgan fingerprint density at radius 2 is 2.17 bits per heavy atom. The Hall–Kier alpha value is -1.23. The van der Waals surface area contributed by atoms with Crippen LogP contribution >= 0.6 is 15.9 Å². The summed E-state index contributed by atoms with van der Waals surface area (Å²) in [5.41, 5.74) is 0.110. The van der Waals surface area contributed by atoms with E-state index in [1.807, 2.05) is 0 Å². The van der Waals surface area contributed by atoms with Gasteiger partial charge in [-0.1, -0.05) is 22.4 Å². The summed E-state index contributed by atoms with van der Waals surface area (Å²) < 4.78 is 0. The molecule has 1 aromatic carbocycles.